The van der Waals surface area contributed by atoms with Gasteiger partial charge in [0.25, 0.3) is 0 Å². The van der Waals surface area contributed by atoms with Gasteiger partial charge in [0.05, 0.1) is 26.1 Å². The van der Waals surface area contributed by atoms with Crippen LogP contribution in [-0.2, 0) is 6.42 Å². The van der Waals surface area contributed by atoms with Gasteiger partial charge in [0.2, 0.25) is 0 Å². The Morgan fingerprint density at radius 1 is 1.43 bits per heavy atom. The Morgan fingerprint density at radius 3 is 2.57 bits per heavy atom. The van der Waals surface area contributed by atoms with E-state index in [9.17, 15) is 4.79 Å². The van der Waals surface area contributed by atoms with Crippen molar-refractivity contribution in [2.75, 3.05) is 14.2 Å². The summed E-state index contributed by atoms with van der Waals surface area (Å²) in [6, 6.07) is 0. The fraction of sp³-hybridized carbons (Fsp3) is 0.400. The first-order valence-electron chi connectivity index (χ1n) is 4.33. The lowest BCUT2D eigenvalue weighted by atomic mass is 10.1. The van der Waals surface area contributed by atoms with E-state index in [1.165, 1.54) is 20.4 Å². The summed E-state index contributed by atoms with van der Waals surface area (Å²) in [7, 11) is 3.01. The first-order chi connectivity index (χ1) is 6.78. The molecule has 0 saturated carbocycles. The maximum absolute atomic E-state index is 10.8. The zero-order valence-electron chi connectivity index (χ0n) is 8.53. The standard InChI is InChI=1S/C10H13NO3/c1-4-8-10(14-3)7(6-12)9(13-2)5-11-8/h5-6H,4H2,1-3H3. The Morgan fingerprint density at radius 2 is 2.14 bits per heavy atom. The Hall–Kier alpha value is -1.58. The molecule has 76 valence electrons. The van der Waals surface area contributed by atoms with Gasteiger partial charge in [-0.1, -0.05) is 6.92 Å². The molecule has 0 aliphatic carbocycles. The van der Waals surface area contributed by atoms with Gasteiger partial charge < -0.3 is 9.47 Å². The average molecular weight is 195 g/mol. The number of carbonyl (C=O) groups is 1. The molecule has 0 fully saturated rings. The van der Waals surface area contributed by atoms with Gasteiger partial charge in [0.15, 0.2) is 17.8 Å². The van der Waals surface area contributed by atoms with Gasteiger partial charge >= 0.3 is 0 Å². The quantitative estimate of drug-likeness (QED) is 0.683. The number of rotatable bonds is 4. The fourth-order valence-electron chi connectivity index (χ4n) is 1.29. The number of carbonyl (C=O) groups excluding carboxylic acids is 1. The second kappa shape index (κ2) is 4.60. The summed E-state index contributed by atoms with van der Waals surface area (Å²) in [5.41, 5.74) is 1.18. The van der Waals surface area contributed by atoms with Crippen LogP contribution >= 0.6 is 0 Å². The van der Waals surface area contributed by atoms with E-state index in [1.807, 2.05) is 6.92 Å². The first kappa shape index (κ1) is 10.5. The van der Waals surface area contributed by atoms with Crippen molar-refractivity contribution in [3.05, 3.63) is 17.5 Å². The van der Waals surface area contributed by atoms with Gasteiger partial charge in [-0.05, 0) is 6.42 Å². The summed E-state index contributed by atoms with van der Waals surface area (Å²) in [6.45, 7) is 1.95. The van der Waals surface area contributed by atoms with Gasteiger partial charge in [0, 0.05) is 0 Å². The lowest BCUT2D eigenvalue weighted by Gasteiger charge is -2.11. The second-order valence-electron chi connectivity index (χ2n) is 2.69. The molecule has 0 bridgehead atoms. The molecular weight excluding hydrogens is 182 g/mol. The molecule has 1 rings (SSSR count). The van der Waals surface area contributed by atoms with E-state index in [2.05, 4.69) is 4.98 Å². The van der Waals surface area contributed by atoms with Crippen molar-refractivity contribution < 1.29 is 14.3 Å². The number of ether oxygens (including phenoxy) is 2. The van der Waals surface area contributed by atoms with Gasteiger partial charge in [-0.3, -0.25) is 9.78 Å². The highest BCUT2D eigenvalue weighted by Gasteiger charge is 2.14. The summed E-state index contributed by atoms with van der Waals surface area (Å²) in [6.07, 6.45) is 2.97. The van der Waals surface area contributed by atoms with E-state index in [1.54, 1.807) is 0 Å². The molecule has 0 aliphatic rings. The van der Waals surface area contributed by atoms with Crippen LogP contribution in [0.4, 0.5) is 0 Å². The Kier molecular flexibility index (Phi) is 3.45. The SMILES string of the molecule is CCc1ncc(OC)c(C=O)c1OC. The van der Waals surface area contributed by atoms with E-state index >= 15 is 0 Å². The zero-order valence-corrected chi connectivity index (χ0v) is 8.53. The van der Waals surface area contributed by atoms with Crippen LogP contribution in [0.3, 0.4) is 0 Å². The molecule has 0 N–H and O–H groups in total. The molecule has 0 atom stereocenters. The van der Waals surface area contributed by atoms with E-state index in [0.29, 0.717) is 23.5 Å². The molecular formula is C10H13NO3. The number of aldehydes is 1. The molecule has 0 saturated heterocycles. The van der Waals surface area contributed by atoms with Crippen LogP contribution < -0.4 is 9.47 Å². The van der Waals surface area contributed by atoms with Crippen molar-refractivity contribution in [2.45, 2.75) is 13.3 Å². The topological polar surface area (TPSA) is 48.4 Å². The monoisotopic (exact) mass is 195 g/mol. The summed E-state index contributed by atoms with van der Waals surface area (Å²) in [4.78, 5) is 15.0. The van der Waals surface area contributed by atoms with Crippen LogP contribution in [0, 0.1) is 0 Å². The molecule has 4 nitrogen and oxygen atoms in total. The molecule has 0 radical (unpaired) electrons. The van der Waals surface area contributed by atoms with Gasteiger partial charge in [-0.2, -0.15) is 0 Å². The lowest BCUT2D eigenvalue weighted by molar-refractivity contribution is 0.111. The van der Waals surface area contributed by atoms with Crippen LogP contribution in [0.5, 0.6) is 11.5 Å². The van der Waals surface area contributed by atoms with Crippen molar-refractivity contribution in [3.63, 3.8) is 0 Å². The lowest BCUT2D eigenvalue weighted by Crippen LogP contribution is -2.01. The maximum Gasteiger partial charge on any atom is 0.157 e. The molecule has 4 heteroatoms. The minimum atomic E-state index is 0.418. The van der Waals surface area contributed by atoms with Crippen LogP contribution in [-0.4, -0.2) is 25.5 Å². The normalized spacial score (nSPS) is 9.64. The highest BCUT2D eigenvalue weighted by atomic mass is 16.5. The van der Waals surface area contributed by atoms with Crippen molar-refractivity contribution in [2.24, 2.45) is 0 Å². The molecule has 1 heterocycles. The number of nitrogens with zero attached hydrogens (tertiary/aromatic N) is 1. The van der Waals surface area contributed by atoms with Crippen LogP contribution in [0.2, 0.25) is 0 Å². The summed E-state index contributed by atoms with van der Waals surface area (Å²) in [5, 5.41) is 0. The molecule has 0 aliphatic heterocycles. The third kappa shape index (κ3) is 1.69. The Labute approximate surface area is 82.9 Å². The number of pyridine rings is 1. The largest absolute Gasteiger partial charge is 0.494 e. The van der Waals surface area contributed by atoms with Crippen LogP contribution in [0.15, 0.2) is 6.20 Å². The molecule has 0 unspecified atom stereocenters. The fourth-order valence-corrected chi connectivity index (χ4v) is 1.29. The molecule has 0 spiro atoms. The Bertz CT molecular complexity index is 336. The van der Waals surface area contributed by atoms with E-state index < -0.39 is 0 Å². The van der Waals surface area contributed by atoms with E-state index in [4.69, 9.17) is 9.47 Å². The van der Waals surface area contributed by atoms with Gasteiger partial charge in [-0.25, -0.2) is 0 Å². The van der Waals surface area contributed by atoms with Crippen molar-refractivity contribution in [1.29, 1.82) is 0 Å². The molecule has 1 aromatic heterocycles. The predicted molar refractivity (Wildman–Crippen MR) is 52.1 cm³/mol. The zero-order chi connectivity index (χ0) is 10.6. The van der Waals surface area contributed by atoms with Gasteiger partial charge in [0.1, 0.15) is 5.56 Å². The molecule has 1 aromatic rings. The maximum atomic E-state index is 10.8. The van der Waals surface area contributed by atoms with Crippen LogP contribution in [0.25, 0.3) is 0 Å². The number of aromatic nitrogens is 1. The summed E-state index contributed by atoms with van der Waals surface area (Å²) < 4.78 is 10.1. The molecule has 0 amide bonds. The summed E-state index contributed by atoms with van der Waals surface area (Å²) >= 11 is 0. The third-order valence-corrected chi connectivity index (χ3v) is 1.99. The second-order valence-corrected chi connectivity index (χ2v) is 2.69. The first-order valence-corrected chi connectivity index (χ1v) is 4.33. The predicted octanol–water partition coefficient (Wildman–Crippen LogP) is 1.47. The number of aryl methyl sites for hydroxylation is 1. The number of methoxy groups -OCH3 is 2. The average Bonchev–Trinajstić information content (AvgIpc) is 2.26. The number of hydrogen-bond acceptors (Lipinski definition) is 4. The van der Waals surface area contributed by atoms with Crippen LogP contribution in [0.1, 0.15) is 23.0 Å². The highest BCUT2D eigenvalue weighted by Crippen LogP contribution is 2.28. The van der Waals surface area contributed by atoms with Crippen molar-refractivity contribution >= 4 is 6.29 Å². The highest BCUT2D eigenvalue weighted by molar-refractivity contribution is 5.84. The minimum Gasteiger partial charge on any atom is -0.494 e. The van der Waals surface area contributed by atoms with E-state index in [-0.39, 0.29) is 0 Å². The van der Waals surface area contributed by atoms with E-state index in [0.717, 1.165) is 12.0 Å². The third-order valence-electron chi connectivity index (χ3n) is 1.99. The minimum absolute atomic E-state index is 0.418. The molecule has 14 heavy (non-hydrogen) atoms. The van der Waals surface area contributed by atoms with Gasteiger partial charge in [-0.15, -0.1) is 0 Å². The van der Waals surface area contributed by atoms with Crippen molar-refractivity contribution in [1.82, 2.24) is 4.98 Å². The van der Waals surface area contributed by atoms with Crippen molar-refractivity contribution in [3.8, 4) is 11.5 Å². The smallest absolute Gasteiger partial charge is 0.157 e. The molecule has 0 aromatic carbocycles. The Balaban J connectivity index is 3.35. The number of hydrogen-bond donors (Lipinski definition) is 0. The summed E-state index contributed by atoms with van der Waals surface area (Å²) in [5.74, 6) is 0.941.